The van der Waals surface area contributed by atoms with Crippen LogP contribution in [0.5, 0.6) is 11.5 Å². The lowest BCUT2D eigenvalue weighted by Crippen LogP contribution is -2.54. The summed E-state index contributed by atoms with van der Waals surface area (Å²) >= 11 is 13.8. The number of aliphatic hydroxyl groups excluding tert-OH is 1. The molecule has 0 radical (unpaired) electrons. The van der Waals surface area contributed by atoms with Gasteiger partial charge in [-0.25, -0.2) is 4.98 Å². The molecule has 3 aromatic heterocycles. The number of carbonyl (C=O) groups is 2. The zero-order chi connectivity index (χ0) is 38.7. The van der Waals surface area contributed by atoms with Crippen molar-refractivity contribution < 1.29 is 33.4 Å². The largest absolute Gasteiger partial charge is 0.508 e. The maximum Gasteiger partial charge on any atom is 0.250 e. The second kappa shape index (κ2) is 12.6. The van der Waals surface area contributed by atoms with Crippen molar-refractivity contribution in [3.8, 4) is 45.5 Å². The maximum atomic E-state index is 14.2. The number of aromatic hydroxyl groups is 1. The summed E-state index contributed by atoms with van der Waals surface area (Å²) in [5.41, 5.74) is 8.06. The number of nitrogens with one attached hydrogen (secondary N) is 3. The van der Waals surface area contributed by atoms with Crippen molar-refractivity contribution in [2.45, 2.75) is 63.9 Å². The molecule has 7 N–H and O–H groups in total. The molecule has 0 saturated carbocycles. The zero-order valence-corrected chi connectivity index (χ0v) is 31.5. The second-order valence-electron chi connectivity index (χ2n) is 15.0. The highest BCUT2D eigenvalue weighted by atomic mass is 35.5. The molecule has 2 amide bonds. The van der Waals surface area contributed by atoms with Gasteiger partial charge in [-0.3, -0.25) is 9.59 Å². The van der Waals surface area contributed by atoms with Crippen LogP contribution in [-0.4, -0.2) is 55.4 Å². The minimum Gasteiger partial charge on any atom is -0.508 e. The third-order valence-electron chi connectivity index (χ3n) is 10.9. The van der Waals surface area contributed by atoms with Gasteiger partial charge in [-0.2, -0.15) is 4.98 Å². The number of phenols is 1. The lowest BCUT2D eigenvalue weighted by Gasteiger charge is -2.32. The molecule has 0 fully saturated rings. The SMILES string of the molecule is CC(C)C(N)C(=O)N[C@H]1Cc2ccc(O)c(c2)[C@]23c4cccc(c4O[C@H]2O)-c2cccc4[nH]c(Cl)c(c24)-c2oc(nc2Cl)-c2nc(oc23)[C@H](C(C)C)NC1=O. The highest BCUT2D eigenvalue weighted by molar-refractivity contribution is 6.37. The van der Waals surface area contributed by atoms with E-state index < -0.39 is 41.6 Å². The van der Waals surface area contributed by atoms with E-state index in [0.29, 0.717) is 44.5 Å². The molecule has 6 heterocycles. The molecule has 9 rings (SSSR count). The van der Waals surface area contributed by atoms with E-state index in [9.17, 15) is 19.8 Å². The minimum absolute atomic E-state index is 0.0107. The highest BCUT2D eigenvalue weighted by Crippen LogP contribution is 2.59. The van der Waals surface area contributed by atoms with E-state index in [0.717, 1.165) is 0 Å². The molecule has 5 atom stereocenters. The molecule has 10 bridgehead atoms. The fourth-order valence-corrected chi connectivity index (χ4v) is 8.55. The Morgan fingerprint density at radius 2 is 1.80 bits per heavy atom. The first-order valence-electron chi connectivity index (χ1n) is 17.9. The minimum atomic E-state index is -1.80. The highest BCUT2D eigenvalue weighted by Gasteiger charge is 2.58. The van der Waals surface area contributed by atoms with Crippen LogP contribution in [-0.2, 0) is 21.4 Å². The Labute approximate surface area is 324 Å². The number of H-pyrrole nitrogens is 1. The number of aromatic nitrogens is 3. The predicted octanol–water partition coefficient (Wildman–Crippen LogP) is 6.35. The summed E-state index contributed by atoms with van der Waals surface area (Å²) in [4.78, 5) is 40.3. The second-order valence-corrected chi connectivity index (χ2v) is 15.7. The molecule has 55 heavy (non-hydrogen) atoms. The molecule has 0 aliphatic carbocycles. The van der Waals surface area contributed by atoms with Crippen LogP contribution in [0.25, 0.3) is 44.9 Å². The number of aliphatic hydroxyl groups is 1. The number of fused-ring (bicyclic) bond motifs is 8. The summed E-state index contributed by atoms with van der Waals surface area (Å²) in [6.07, 6.45) is -1.70. The lowest BCUT2D eigenvalue weighted by atomic mass is 9.70. The quantitative estimate of drug-likeness (QED) is 0.117. The molecule has 1 unspecified atom stereocenters. The summed E-state index contributed by atoms with van der Waals surface area (Å²) in [5, 5.41) is 31.2. The Morgan fingerprint density at radius 1 is 1.04 bits per heavy atom. The third kappa shape index (κ3) is 5.13. The van der Waals surface area contributed by atoms with Crippen LogP contribution >= 0.6 is 23.2 Å². The first-order chi connectivity index (χ1) is 26.3. The van der Waals surface area contributed by atoms with Crippen molar-refractivity contribution in [1.82, 2.24) is 25.6 Å². The molecule has 6 aromatic rings. The Balaban J connectivity index is 1.40. The molecule has 282 valence electrons. The summed E-state index contributed by atoms with van der Waals surface area (Å²) < 4.78 is 19.8. The van der Waals surface area contributed by atoms with E-state index in [2.05, 4.69) is 20.6 Å². The van der Waals surface area contributed by atoms with Gasteiger partial charge in [0.1, 0.15) is 34.2 Å². The molecule has 13 nitrogen and oxygen atoms in total. The number of benzene rings is 3. The zero-order valence-electron chi connectivity index (χ0n) is 30.0. The monoisotopic (exact) mass is 782 g/mol. The van der Waals surface area contributed by atoms with E-state index in [1.54, 1.807) is 18.2 Å². The van der Waals surface area contributed by atoms with Crippen molar-refractivity contribution in [2.75, 3.05) is 0 Å². The van der Waals surface area contributed by atoms with Gasteiger partial charge >= 0.3 is 0 Å². The summed E-state index contributed by atoms with van der Waals surface area (Å²) in [7, 11) is 0. The van der Waals surface area contributed by atoms with E-state index in [4.69, 9.17) is 47.5 Å². The number of para-hydroxylation sites is 1. The van der Waals surface area contributed by atoms with E-state index in [1.165, 1.54) is 6.07 Å². The van der Waals surface area contributed by atoms with Gasteiger partial charge in [-0.1, -0.05) is 93.4 Å². The molecule has 0 saturated heterocycles. The fraction of sp³-hybridized carbons (Fsp3) is 0.300. The molecule has 3 aliphatic heterocycles. The van der Waals surface area contributed by atoms with Crippen molar-refractivity contribution in [3.63, 3.8) is 0 Å². The number of phenolic OH excluding ortho intramolecular Hbond substituents is 1. The number of amides is 2. The Kier molecular flexibility index (Phi) is 8.10. The number of halogens is 2. The number of hydrogen-bond acceptors (Lipinski definition) is 10. The van der Waals surface area contributed by atoms with Crippen LogP contribution < -0.4 is 21.1 Å². The standard InChI is InChI=1S/C40H36Cl2N6O7/c1-15(2)27(43)36(51)45-23-14-17-11-12-24(49)21(13-17)40-20-9-5-8-19(30(20)54-39(40)52)18-7-6-10-22-25(18)26(33(41)44-22)31-34(42)48-38(53-31)29-32(40)55-37(47-29)28(16(3)4)46-35(23)50/h5-13,15-16,23,27-28,39,44,49,52H,14,43H2,1-4H3,(H,45,51)(H,46,50)/t23-,27?,28-,39+,40-/m0/s1. The predicted molar refractivity (Wildman–Crippen MR) is 204 cm³/mol. The summed E-state index contributed by atoms with van der Waals surface area (Å²) in [5.74, 6) is -1.24. The van der Waals surface area contributed by atoms with Crippen molar-refractivity contribution in [1.29, 1.82) is 0 Å². The van der Waals surface area contributed by atoms with Crippen LogP contribution in [0.4, 0.5) is 0 Å². The van der Waals surface area contributed by atoms with E-state index in [1.807, 2.05) is 58.0 Å². The van der Waals surface area contributed by atoms with Crippen LogP contribution in [0.1, 0.15) is 62.1 Å². The van der Waals surface area contributed by atoms with Crippen molar-refractivity contribution in [2.24, 2.45) is 17.6 Å². The lowest BCUT2D eigenvalue weighted by molar-refractivity contribution is -0.130. The first-order valence-corrected chi connectivity index (χ1v) is 18.7. The van der Waals surface area contributed by atoms with Gasteiger partial charge in [0.05, 0.1) is 11.6 Å². The molecule has 3 aromatic carbocycles. The summed E-state index contributed by atoms with van der Waals surface area (Å²) in [6, 6.07) is 13.1. The number of hydrogen-bond donors (Lipinski definition) is 6. The van der Waals surface area contributed by atoms with Crippen molar-refractivity contribution in [3.05, 3.63) is 93.2 Å². The number of oxazole rings is 2. The number of carbonyl (C=O) groups excluding carboxylic acids is 2. The molecule has 15 heteroatoms. The van der Waals surface area contributed by atoms with Gasteiger partial charge in [0, 0.05) is 34.0 Å². The Morgan fingerprint density at radius 3 is 2.56 bits per heavy atom. The number of ether oxygens (including phenoxy) is 1. The fourth-order valence-electron chi connectivity index (χ4n) is 8.06. The molecular weight excluding hydrogens is 747 g/mol. The molecular formula is C40H36Cl2N6O7. The van der Waals surface area contributed by atoms with Gasteiger partial charge < -0.3 is 45.1 Å². The van der Waals surface area contributed by atoms with E-state index in [-0.39, 0.29) is 68.9 Å². The molecule has 3 aliphatic rings. The van der Waals surface area contributed by atoms with Gasteiger partial charge in [-0.15, -0.1) is 0 Å². The van der Waals surface area contributed by atoms with Crippen LogP contribution in [0.15, 0.2) is 63.4 Å². The topological polar surface area (TPSA) is 202 Å². The average Bonchev–Trinajstić information content (AvgIpc) is 3.90. The third-order valence-corrected chi connectivity index (χ3v) is 11.5. The van der Waals surface area contributed by atoms with Gasteiger partial charge in [0.15, 0.2) is 22.4 Å². The maximum absolute atomic E-state index is 14.2. The summed E-state index contributed by atoms with van der Waals surface area (Å²) in [6.45, 7) is 7.39. The normalized spacial score (nSPS) is 21.6. The van der Waals surface area contributed by atoms with Gasteiger partial charge in [-0.05, 0) is 35.1 Å². The number of aromatic amines is 1. The number of rotatable bonds is 4. The smallest absolute Gasteiger partial charge is 0.250 e. The van der Waals surface area contributed by atoms with Gasteiger partial charge in [0.2, 0.25) is 24.0 Å². The Hall–Kier alpha value is -5.34. The van der Waals surface area contributed by atoms with E-state index >= 15 is 0 Å². The van der Waals surface area contributed by atoms with Crippen LogP contribution in [0.2, 0.25) is 10.3 Å². The van der Waals surface area contributed by atoms with Crippen LogP contribution in [0.3, 0.4) is 0 Å². The Bertz CT molecular complexity index is 2580. The first kappa shape index (κ1) is 35.4. The number of nitrogens with two attached hydrogens (primary N) is 1. The number of nitrogens with zero attached hydrogens (tertiary/aromatic N) is 2. The van der Waals surface area contributed by atoms with Gasteiger partial charge in [0.25, 0.3) is 5.89 Å². The van der Waals surface area contributed by atoms with Crippen molar-refractivity contribution >= 4 is 45.9 Å². The van der Waals surface area contributed by atoms with Crippen LogP contribution in [0, 0.1) is 11.8 Å². The average molecular weight is 784 g/mol. The molecule has 1 spiro atoms.